The molecule has 3 aromatic rings. The molecule has 0 aromatic heterocycles. The number of amides is 1. The largest absolute Gasteiger partial charge is 0.486 e. The highest BCUT2D eigenvalue weighted by Gasteiger charge is 2.13. The predicted octanol–water partition coefficient (Wildman–Crippen LogP) is 5.16. The van der Waals surface area contributed by atoms with Crippen molar-refractivity contribution in [3.05, 3.63) is 76.3 Å². The Hall–Kier alpha value is -3.19. The number of halogens is 1. The van der Waals surface area contributed by atoms with Gasteiger partial charge < -0.3 is 24.8 Å². The van der Waals surface area contributed by atoms with Gasteiger partial charge in [0.25, 0.3) is 5.91 Å². The van der Waals surface area contributed by atoms with Crippen LogP contribution in [0.5, 0.6) is 17.2 Å². The number of anilines is 2. The smallest absolute Gasteiger partial charge is 0.262 e. The summed E-state index contributed by atoms with van der Waals surface area (Å²) in [5.74, 6) is 1.92. The van der Waals surface area contributed by atoms with E-state index in [9.17, 15) is 4.79 Å². The van der Waals surface area contributed by atoms with Gasteiger partial charge in [-0.3, -0.25) is 4.79 Å². The van der Waals surface area contributed by atoms with Crippen molar-refractivity contribution in [2.75, 3.05) is 30.5 Å². The third-order valence-corrected chi connectivity index (χ3v) is 5.24. The van der Waals surface area contributed by atoms with Gasteiger partial charge >= 0.3 is 0 Å². The van der Waals surface area contributed by atoms with Crippen LogP contribution in [-0.2, 0) is 11.3 Å². The van der Waals surface area contributed by atoms with E-state index in [2.05, 4.69) is 26.6 Å². The highest BCUT2D eigenvalue weighted by atomic mass is 79.9. The molecule has 7 heteroatoms. The fraction of sp³-hybridized carbons (Fsp3) is 0.208. The summed E-state index contributed by atoms with van der Waals surface area (Å²) in [7, 11) is 0. The molecular weight excluding hydrogens is 460 g/mol. The molecule has 0 atom stereocenters. The summed E-state index contributed by atoms with van der Waals surface area (Å²) in [5.41, 5.74) is 3.72. The summed E-state index contributed by atoms with van der Waals surface area (Å²) < 4.78 is 17.9. The second-order valence-electron chi connectivity index (χ2n) is 7.17. The number of hydrogen-bond donors (Lipinski definition) is 2. The fourth-order valence-electron chi connectivity index (χ4n) is 3.15. The van der Waals surface area contributed by atoms with Gasteiger partial charge in [0, 0.05) is 34.0 Å². The maximum atomic E-state index is 12.3. The third-order valence-electron chi connectivity index (χ3n) is 4.74. The molecule has 1 aliphatic heterocycles. The van der Waals surface area contributed by atoms with Crippen molar-refractivity contribution in [1.29, 1.82) is 0 Å². The summed E-state index contributed by atoms with van der Waals surface area (Å²) >= 11 is 3.50. The van der Waals surface area contributed by atoms with E-state index >= 15 is 0 Å². The molecule has 2 N–H and O–H groups in total. The third kappa shape index (κ3) is 5.70. The topological polar surface area (TPSA) is 68.8 Å². The van der Waals surface area contributed by atoms with Crippen LogP contribution >= 0.6 is 15.9 Å². The fourth-order valence-corrected chi connectivity index (χ4v) is 3.56. The number of fused-ring (bicyclic) bond motifs is 1. The van der Waals surface area contributed by atoms with E-state index in [4.69, 9.17) is 14.2 Å². The molecule has 31 heavy (non-hydrogen) atoms. The number of rotatable bonds is 7. The van der Waals surface area contributed by atoms with Gasteiger partial charge in [0.1, 0.15) is 19.0 Å². The van der Waals surface area contributed by atoms with Gasteiger partial charge in [-0.1, -0.05) is 33.6 Å². The molecule has 1 aliphatic rings. The van der Waals surface area contributed by atoms with Gasteiger partial charge in [-0.2, -0.15) is 0 Å². The lowest BCUT2D eigenvalue weighted by Gasteiger charge is -2.19. The van der Waals surface area contributed by atoms with Crippen LogP contribution in [0.3, 0.4) is 0 Å². The minimum atomic E-state index is -0.211. The number of carbonyl (C=O) groups excluding carboxylic acids is 1. The maximum absolute atomic E-state index is 12.3. The minimum absolute atomic E-state index is 0.0769. The quantitative estimate of drug-likeness (QED) is 0.486. The molecule has 1 heterocycles. The Morgan fingerprint density at radius 3 is 2.52 bits per heavy atom. The average Bonchev–Trinajstić information content (AvgIpc) is 2.78. The lowest BCUT2D eigenvalue weighted by molar-refractivity contribution is -0.118. The van der Waals surface area contributed by atoms with Crippen molar-refractivity contribution in [2.24, 2.45) is 0 Å². The van der Waals surface area contributed by atoms with Crippen molar-refractivity contribution in [3.8, 4) is 17.2 Å². The first-order valence-corrected chi connectivity index (χ1v) is 10.8. The normalized spacial score (nSPS) is 12.2. The Morgan fingerprint density at radius 2 is 1.71 bits per heavy atom. The molecule has 6 nitrogen and oxygen atoms in total. The van der Waals surface area contributed by atoms with Gasteiger partial charge in [-0.05, 0) is 49.4 Å². The Bertz CT molecular complexity index is 1070. The molecule has 3 aromatic carbocycles. The molecule has 0 bridgehead atoms. The first-order chi connectivity index (χ1) is 15.1. The Kier molecular flexibility index (Phi) is 6.62. The number of aryl methyl sites for hydroxylation is 1. The van der Waals surface area contributed by atoms with Crippen molar-refractivity contribution < 1.29 is 19.0 Å². The van der Waals surface area contributed by atoms with E-state index < -0.39 is 0 Å². The van der Waals surface area contributed by atoms with E-state index in [1.54, 1.807) is 0 Å². The van der Waals surface area contributed by atoms with Crippen LogP contribution in [0.2, 0.25) is 0 Å². The molecular formula is C24H23BrN2O4. The number of benzene rings is 3. The number of ether oxygens (including phenoxy) is 3. The first-order valence-electron chi connectivity index (χ1n) is 9.98. The molecule has 0 saturated heterocycles. The van der Waals surface area contributed by atoms with Crippen LogP contribution in [0.25, 0.3) is 0 Å². The summed E-state index contributed by atoms with van der Waals surface area (Å²) in [6.07, 6.45) is 0. The highest BCUT2D eigenvalue weighted by molar-refractivity contribution is 9.10. The van der Waals surface area contributed by atoms with Gasteiger partial charge in [-0.25, -0.2) is 0 Å². The zero-order valence-corrected chi connectivity index (χ0v) is 18.7. The van der Waals surface area contributed by atoms with Crippen LogP contribution in [-0.4, -0.2) is 25.7 Å². The summed E-state index contributed by atoms with van der Waals surface area (Å²) in [4.78, 5) is 12.3. The van der Waals surface area contributed by atoms with Crippen molar-refractivity contribution in [3.63, 3.8) is 0 Å². The van der Waals surface area contributed by atoms with Crippen molar-refractivity contribution in [1.82, 2.24) is 0 Å². The second-order valence-corrected chi connectivity index (χ2v) is 8.08. The zero-order valence-electron chi connectivity index (χ0n) is 17.1. The Morgan fingerprint density at radius 1 is 0.968 bits per heavy atom. The van der Waals surface area contributed by atoms with E-state index in [-0.39, 0.29) is 12.5 Å². The monoisotopic (exact) mass is 482 g/mol. The molecule has 0 aliphatic carbocycles. The van der Waals surface area contributed by atoms with Crippen LogP contribution in [0.15, 0.2) is 65.1 Å². The summed E-state index contributed by atoms with van der Waals surface area (Å²) in [6, 6.07) is 19.1. The van der Waals surface area contributed by atoms with Gasteiger partial charge in [0.15, 0.2) is 18.1 Å². The number of nitrogens with one attached hydrogen (secondary N) is 2. The van der Waals surface area contributed by atoms with Crippen molar-refractivity contribution in [2.45, 2.75) is 13.5 Å². The Balaban J connectivity index is 1.38. The van der Waals surface area contributed by atoms with E-state index in [1.807, 2.05) is 67.6 Å². The van der Waals surface area contributed by atoms with Crippen LogP contribution < -0.4 is 24.8 Å². The summed E-state index contributed by atoms with van der Waals surface area (Å²) in [5, 5.41) is 6.22. The summed E-state index contributed by atoms with van der Waals surface area (Å²) in [6.45, 7) is 3.56. The van der Waals surface area contributed by atoms with E-state index in [0.717, 1.165) is 38.5 Å². The molecule has 0 saturated carbocycles. The predicted molar refractivity (Wildman–Crippen MR) is 124 cm³/mol. The molecule has 0 unspecified atom stereocenters. The van der Waals surface area contributed by atoms with E-state index in [0.29, 0.717) is 25.5 Å². The highest BCUT2D eigenvalue weighted by Crippen LogP contribution is 2.33. The first kappa shape index (κ1) is 21.1. The lowest BCUT2D eigenvalue weighted by atomic mass is 10.2. The second kappa shape index (κ2) is 9.75. The molecule has 0 spiro atoms. The SMILES string of the molecule is Cc1ccc(NC(=O)COc2ccc(Br)cc2CNc2ccc3c(c2)OCCO3)cc1. The Labute approximate surface area is 189 Å². The molecule has 0 fully saturated rings. The molecule has 160 valence electrons. The van der Waals surface area contributed by atoms with Crippen LogP contribution in [0.4, 0.5) is 11.4 Å². The van der Waals surface area contributed by atoms with Gasteiger partial charge in [0.2, 0.25) is 0 Å². The average molecular weight is 483 g/mol. The van der Waals surface area contributed by atoms with Crippen LogP contribution in [0, 0.1) is 6.92 Å². The minimum Gasteiger partial charge on any atom is -0.486 e. The standard InChI is InChI=1S/C24H23BrN2O4/c1-16-2-5-19(6-3-16)27-24(28)15-31-21-8-4-18(25)12-17(21)14-26-20-7-9-22-23(13-20)30-11-10-29-22/h2-9,12-13,26H,10-11,14-15H2,1H3,(H,27,28). The van der Waals surface area contributed by atoms with E-state index in [1.165, 1.54) is 0 Å². The number of carbonyl (C=O) groups is 1. The van der Waals surface area contributed by atoms with Crippen LogP contribution in [0.1, 0.15) is 11.1 Å². The number of hydrogen-bond acceptors (Lipinski definition) is 5. The zero-order chi connectivity index (χ0) is 21.6. The van der Waals surface area contributed by atoms with Crippen molar-refractivity contribution >= 4 is 33.2 Å². The molecule has 1 amide bonds. The molecule has 0 radical (unpaired) electrons. The van der Waals surface area contributed by atoms with Gasteiger partial charge in [-0.15, -0.1) is 0 Å². The maximum Gasteiger partial charge on any atom is 0.262 e. The molecule has 4 rings (SSSR count). The lowest BCUT2D eigenvalue weighted by Crippen LogP contribution is -2.20. The van der Waals surface area contributed by atoms with Gasteiger partial charge in [0.05, 0.1) is 0 Å².